The molecule has 1 aliphatic heterocycles. The average molecular weight is 288 g/mol. The predicted octanol–water partition coefficient (Wildman–Crippen LogP) is 1.27. The highest BCUT2D eigenvalue weighted by molar-refractivity contribution is 7.91. The van der Waals surface area contributed by atoms with Crippen LogP contribution in [0.2, 0.25) is 0 Å². The summed E-state index contributed by atoms with van der Waals surface area (Å²) in [7, 11) is -0.697. The third kappa shape index (κ3) is 4.17. The van der Waals surface area contributed by atoms with Crippen LogP contribution < -0.4 is 5.32 Å². The summed E-state index contributed by atoms with van der Waals surface area (Å²) in [6, 6.07) is 0.948. The fourth-order valence-electron chi connectivity index (χ4n) is 3.59. The minimum absolute atomic E-state index is 0.125. The summed E-state index contributed by atoms with van der Waals surface area (Å²) < 4.78 is 23.4. The Balaban J connectivity index is 1.89. The van der Waals surface area contributed by atoms with Gasteiger partial charge in [0.05, 0.1) is 5.25 Å². The van der Waals surface area contributed by atoms with E-state index in [2.05, 4.69) is 24.2 Å². The molecule has 0 aromatic heterocycles. The van der Waals surface area contributed by atoms with Gasteiger partial charge in [0.25, 0.3) is 0 Å². The van der Waals surface area contributed by atoms with Crippen molar-refractivity contribution in [1.29, 1.82) is 0 Å². The van der Waals surface area contributed by atoms with Crippen molar-refractivity contribution < 1.29 is 8.42 Å². The Morgan fingerprint density at radius 2 is 1.95 bits per heavy atom. The van der Waals surface area contributed by atoms with E-state index in [0.29, 0.717) is 18.0 Å². The molecule has 1 saturated heterocycles. The van der Waals surface area contributed by atoms with Crippen LogP contribution in [0.5, 0.6) is 0 Å². The maximum absolute atomic E-state index is 11.7. The van der Waals surface area contributed by atoms with Crippen LogP contribution in [-0.2, 0) is 9.84 Å². The van der Waals surface area contributed by atoms with Gasteiger partial charge in [-0.3, -0.25) is 0 Å². The van der Waals surface area contributed by atoms with Crippen LogP contribution >= 0.6 is 0 Å². The van der Waals surface area contributed by atoms with Gasteiger partial charge in [-0.2, -0.15) is 0 Å². The van der Waals surface area contributed by atoms with Gasteiger partial charge in [-0.25, -0.2) is 8.42 Å². The number of rotatable bonds is 3. The van der Waals surface area contributed by atoms with E-state index < -0.39 is 9.84 Å². The minimum atomic E-state index is -2.87. The van der Waals surface area contributed by atoms with Crippen LogP contribution in [0.25, 0.3) is 0 Å². The molecule has 4 atom stereocenters. The Morgan fingerprint density at radius 1 is 1.21 bits per heavy atom. The highest BCUT2D eigenvalue weighted by Crippen LogP contribution is 2.26. The zero-order valence-electron chi connectivity index (χ0n) is 12.4. The van der Waals surface area contributed by atoms with E-state index in [1.165, 1.54) is 12.7 Å². The van der Waals surface area contributed by atoms with Crippen molar-refractivity contribution in [2.75, 3.05) is 26.4 Å². The Bertz CT molecular complexity index is 396. The summed E-state index contributed by atoms with van der Waals surface area (Å²) in [5, 5.41) is 3.61. The summed E-state index contributed by atoms with van der Waals surface area (Å²) in [5.41, 5.74) is 0. The van der Waals surface area contributed by atoms with Crippen LogP contribution in [-0.4, -0.2) is 57.0 Å². The largest absolute Gasteiger partial charge is 0.311 e. The van der Waals surface area contributed by atoms with Crippen LogP contribution in [0.3, 0.4) is 0 Å². The van der Waals surface area contributed by atoms with Crippen molar-refractivity contribution in [3.05, 3.63) is 0 Å². The molecule has 1 heterocycles. The molecule has 0 spiro atoms. The van der Waals surface area contributed by atoms with Crippen LogP contribution in [0.1, 0.15) is 39.0 Å². The van der Waals surface area contributed by atoms with E-state index in [1.54, 1.807) is 0 Å². The normalized spacial score (nSPS) is 38.3. The van der Waals surface area contributed by atoms with Crippen molar-refractivity contribution in [3.8, 4) is 0 Å². The molecule has 1 N–H and O–H groups in total. The van der Waals surface area contributed by atoms with Gasteiger partial charge in [0, 0.05) is 24.9 Å². The monoisotopic (exact) mass is 288 g/mol. The maximum Gasteiger partial charge on any atom is 0.150 e. The zero-order chi connectivity index (χ0) is 14.0. The lowest BCUT2D eigenvalue weighted by atomic mass is 9.89. The van der Waals surface area contributed by atoms with E-state index in [1.807, 2.05) is 0 Å². The summed E-state index contributed by atoms with van der Waals surface area (Å²) >= 11 is 0. The van der Waals surface area contributed by atoms with Crippen molar-refractivity contribution in [1.82, 2.24) is 10.2 Å². The summed E-state index contributed by atoms with van der Waals surface area (Å²) in [6.45, 7) is 4.58. The lowest BCUT2D eigenvalue weighted by Crippen LogP contribution is -2.51. The SMILES string of the molecule is CC1CN(C)CCC1NC1CCCC(S(C)(=O)=O)C1. The standard InChI is InChI=1S/C14H28N2O2S/c1-11-10-16(2)8-7-14(11)15-12-5-4-6-13(9-12)19(3,17)18/h11-15H,4-10H2,1-3H3. The van der Waals surface area contributed by atoms with E-state index >= 15 is 0 Å². The van der Waals surface area contributed by atoms with Crippen molar-refractivity contribution in [3.63, 3.8) is 0 Å². The molecule has 5 heteroatoms. The van der Waals surface area contributed by atoms with E-state index in [9.17, 15) is 8.42 Å². The molecule has 2 fully saturated rings. The molecule has 1 saturated carbocycles. The zero-order valence-corrected chi connectivity index (χ0v) is 13.2. The summed E-state index contributed by atoms with van der Waals surface area (Å²) in [5.74, 6) is 0.650. The fraction of sp³-hybridized carbons (Fsp3) is 1.00. The van der Waals surface area contributed by atoms with Gasteiger partial charge in [-0.05, 0) is 45.2 Å². The number of nitrogens with zero attached hydrogens (tertiary/aromatic N) is 1. The number of nitrogens with one attached hydrogen (secondary N) is 1. The molecule has 19 heavy (non-hydrogen) atoms. The number of sulfone groups is 1. The van der Waals surface area contributed by atoms with Gasteiger partial charge in [0.1, 0.15) is 9.84 Å². The second-order valence-corrected chi connectivity index (χ2v) is 8.94. The van der Waals surface area contributed by atoms with Gasteiger partial charge < -0.3 is 10.2 Å². The Morgan fingerprint density at radius 3 is 2.58 bits per heavy atom. The molecule has 2 rings (SSSR count). The first-order valence-corrected chi connectivity index (χ1v) is 9.45. The number of likely N-dealkylation sites (tertiary alicyclic amines) is 1. The molecule has 0 aromatic carbocycles. The molecular formula is C14H28N2O2S. The second-order valence-electron chi connectivity index (χ2n) is 6.62. The summed E-state index contributed by atoms with van der Waals surface area (Å²) in [4.78, 5) is 2.38. The molecule has 0 radical (unpaired) electrons. The lowest BCUT2D eigenvalue weighted by molar-refractivity contribution is 0.159. The fourth-order valence-corrected chi connectivity index (χ4v) is 4.77. The molecular weight excluding hydrogens is 260 g/mol. The first kappa shape index (κ1) is 15.3. The van der Waals surface area contributed by atoms with Crippen LogP contribution in [0.15, 0.2) is 0 Å². The topological polar surface area (TPSA) is 49.4 Å². The molecule has 2 aliphatic rings. The lowest BCUT2D eigenvalue weighted by Gasteiger charge is -2.39. The Labute approximate surface area is 117 Å². The molecule has 0 aromatic rings. The van der Waals surface area contributed by atoms with Crippen molar-refractivity contribution >= 4 is 9.84 Å². The maximum atomic E-state index is 11.7. The molecule has 4 unspecified atom stereocenters. The average Bonchev–Trinajstić information content (AvgIpc) is 2.32. The molecule has 1 aliphatic carbocycles. The third-order valence-corrected chi connectivity index (χ3v) is 6.43. The van der Waals surface area contributed by atoms with Gasteiger partial charge in [0.15, 0.2) is 0 Å². The van der Waals surface area contributed by atoms with Gasteiger partial charge in [-0.15, -0.1) is 0 Å². The smallest absolute Gasteiger partial charge is 0.150 e. The predicted molar refractivity (Wildman–Crippen MR) is 79.1 cm³/mol. The first-order chi connectivity index (χ1) is 8.86. The molecule has 4 nitrogen and oxygen atoms in total. The molecule has 0 bridgehead atoms. The third-order valence-electron chi connectivity index (χ3n) is 4.79. The first-order valence-electron chi connectivity index (χ1n) is 7.49. The molecule has 112 valence electrons. The van der Waals surface area contributed by atoms with E-state index in [0.717, 1.165) is 38.8 Å². The second kappa shape index (κ2) is 6.10. The minimum Gasteiger partial charge on any atom is -0.311 e. The van der Waals surface area contributed by atoms with Gasteiger partial charge >= 0.3 is 0 Å². The van der Waals surface area contributed by atoms with Crippen LogP contribution in [0.4, 0.5) is 0 Å². The van der Waals surface area contributed by atoms with Gasteiger partial charge in [-0.1, -0.05) is 13.3 Å². The number of piperidine rings is 1. The van der Waals surface area contributed by atoms with Crippen LogP contribution in [0, 0.1) is 5.92 Å². The van der Waals surface area contributed by atoms with Crippen molar-refractivity contribution in [2.45, 2.75) is 56.4 Å². The quantitative estimate of drug-likeness (QED) is 0.850. The van der Waals surface area contributed by atoms with E-state index in [-0.39, 0.29) is 5.25 Å². The number of hydrogen-bond donors (Lipinski definition) is 1. The van der Waals surface area contributed by atoms with Crippen molar-refractivity contribution in [2.24, 2.45) is 5.92 Å². The highest BCUT2D eigenvalue weighted by Gasteiger charge is 2.32. The Hall–Kier alpha value is -0.130. The van der Waals surface area contributed by atoms with Gasteiger partial charge in [0.2, 0.25) is 0 Å². The van der Waals surface area contributed by atoms with E-state index in [4.69, 9.17) is 0 Å². The number of hydrogen-bond acceptors (Lipinski definition) is 4. The molecule has 0 amide bonds. The summed E-state index contributed by atoms with van der Waals surface area (Å²) in [6.07, 6.45) is 6.38. The Kier molecular flexibility index (Phi) is 4.90. The highest BCUT2D eigenvalue weighted by atomic mass is 32.2.